The van der Waals surface area contributed by atoms with E-state index in [4.69, 9.17) is 36.3 Å². The summed E-state index contributed by atoms with van der Waals surface area (Å²) in [6.07, 6.45) is 5.34. The molecule has 1 saturated heterocycles. The van der Waals surface area contributed by atoms with Crippen LogP contribution < -0.4 is 20.7 Å². The number of primary amides is 1. The highest BCUT2D eigenvalue weighted by Crippen LogP contribution is 2.56. The molecular weight excluding hydrogens is 844 g/mol. The summed E-state index contributed by atoms with van der Waals surface area (Å²) in [5.41, 5.74) is 4.13. The van der Waals surface area contributed by atoms with E-state index in [-0.39, 0.29) is 46.8 Å². The summed E-state index contributed by atoms with van der Waals surface area (Å²) in [6, 6.07) is 2.66. The second-order valence-electron chi connectivity index (χ2n) is 18.0. The second kappa shape index (κ2) is 20.8. The Kier molecular flexibility index (Phi) is 17.1. The van der Waals surface area contributed by atoms with Crippen LogP contribution in [0.3, 0.4) is 0 Å². The molecule has 14 nitrogen and oxygen atoms in total. The van der Waals surface area contributed by atoms with Crippen LogP contribution in [-0.4, -0.2) is 109 Å². The molecule has 340 valence electrons. The number of benzene rings is 1. The highest BCUT2D eigenvalue weighted by atomic mass is 35.5. The fourth-order valence-corrected chi connectivity index (χ4v) is 11.4. The van der Waals surface area contributed by atoms with Gasteiger partial charge in [-0.3, -0.25) is 19.7 Å². The number of ether oxygens (including phenoxy) is 4. The van der Waals surface area contributed by atoms with Gasteiger partial charge in [0.05, 0.1) is 19.2 Å². The summed E-state index contributed by atoms with van der Waals surface area (Å²) in [5.74, 6) is -0.442. The molecule has 0 aromatic heterocycles. The number of hydrogen-bond donors (Lipinski definition) is 3. The number of anilines is 1. The van der Waals surface area contributed by atoms with Crippen molar-refractivity contribution in [2.45, 2.75) is 141 Å². The summed E-state index contributed by atoms with van der Waals surface area (Å²) in [7, 11) is 9.43. The normalized spacial score (nSPS) is 29.1. The fourth-order valence-electron chi connectivity index (χ4n) is 8.38. The maximum atomic E-state index is 14.4. The van der Waals surface area contributed by atoms with Crippen molar-refractivity contribution in [3.8, 4) is 5.75 Å². The minimum atomic E-state index is -1.80. The van der Waals surface area contributed by atoms with Gasteiger partial charge in [0.15, 0.2) is 5.72 Å². The number of carbonyl (C=O) groups excluding carboxylic acids is 5. The number of alkyl carbamates (subject to hydrolysis) is 1. The molecule has 7 atom stereocenters. The third kappa shape index (κ3) is 12.8. The number of fused-ring (bicyclic) bond motifs is 7. The molecule has 1 aromatic rings. The van der Waals surface area contributed by atoms with Gasteiger partial charge in [-0.05, 0) is 83.9 Å². The van der Waals surface area contributed by atoms with Gasteiger partial charge in [-0.2, -0.15) is 0 Å². The van der Waals surface area contributed by atoms with Crippen molar-refractivity contribution >= 4 is 68.7 Å². The van der Waals surface area contributed by atoms with Crippen LogP contribution in [-0.2, 0) is 39.8 Å². The number of nitrogens with two attached hydrogens (primary N) is 1. The van der Waals surface area contributed by atoms with E-state index in [9.17, 15) is 29.1 Å². The monoisotopic (exact) mass is 908 g/mol. The Balaban J connectivity index is 1.65. The number of esters is 1. The van der Waals surface area contributed by atoms with E-state index in [0.717, 1.165) is 16.9 Å². The van der Waals surface area contributed by atoms with Crippen LogP contribution in [0, 0.1) is 10.8 Å². The molecule has 1 aliphatic carbocycles. The highest BCUT2D eigenvalue weighted by Gasteiger charge is 2.57. The van der Waals surface area contributed by atoms with Crippen LogP contribution >= 0.6 is 33.2 Å². The Morgan fingerprint density at radius 3 is 2.51 bits per heavy atom. The van der Waals surface area contributed by atoms with Crippen molar-refractivity contribution in [2.75, 3.05) is 39.0 Å². The first kappa shape index (κ1) is 50.2. The molecule has 17 heteroatoms. The lowest BCUT2D eigenvalue weighted by Gasteiger charge is -2.46. The van der Waals surface area contributed by atoms with E-state index >= 15 is 0 Å². The Bertz CT molecular complexity index is 1860. The number of halogens is 1. The molecule has 4 rings (SSSR count). The van der Waals surface area contributed by atoms with Gasteiger partial charge in [0.1, 0.15) is 35.1 Å². The Morgan fingerprint density at radius 1 is 1.16 bits per heavy atom. The van der Waals surface area contributed by atoms with Crippen molar-refractivity contribution in [1.82, 2.24) is 10.2 Å². The van der Waals surface area contributed by atoms with Gasteiger partial charge in [0, 0.05) is 61.8 Å². The van der Waals surface area contributed by atoms with Crippen molar-refractivity contribution in [1.29, 1.82) is 0 Å². The first-order valence-corrected chi connectivity index (χ1v) is 23.4. The lowest BCUT2D eigenvalue weighted by Crippen LogP contribution is -2.64. The molecule has 4 amide bonds. The molecule has 6 bridgehead atoms. The molecule has 1 aromatic carbocycles. The SMILES string of the molecule is COc1cc2cc(c1Cl)N(C)C(=O)C[C@H](OC(=O)[C@H](C)N(C)C(=O)CCC(C)(C)SSCCCC(N)=O)[C@]1(C)CCC(C)(C1)[C@@H]1C[C@@](O)(NC(=O)O1)[C@H](OC)/C=C/C=C(\C)C2. The molecule has 1 unspecified atom stereocenters. The molecule has 2 heterocycles. The molecule has 1 saturated carbocycles. The van der Waals surface area contributed by atoms with E-state index in [1.807, 2.05) is 52.8 Å². The zero-order chi connectivity index (χ0) is 45.5. The van der Waals surface area contributed by atoms with Crippen LogP contribution in [0.5, 0.6) is 5.75 Å². The van der Waals surface area contributed by atoms with Crippen LogP contribution in [0.4, 0.5) is 10.5 Å². The largest absolute Gasteiger partial charge is 0.495 e. The summed E-state index contributed by atoms with van der Waals surface area (Å²) >= 11 is 6.84. The van der Waals surface area contributed by atoms with Crippen LogP contribution in [0.25, 0.3) is 0 Å². The quantitative estimate of drug-likeness (QED) is 0.0976. The van der Waals surface area contributed by atoms with Gasteiger partial charge in [-0.25, -0.2) is 9.59 Å². The lowest BCUT2D eigenvalue weighted by molar-refractivity contribution is -0.167. The van der Waals surface area contributed by atoms with E-state index in [1.54, 1.807) is 54.8 Å². The average molecular weight is 910 g/mol. The number of allylic oxidation sites excluding steroid dienone is 3. The Morgan fingerprint density at radius 2 is 1.85 bits per heavy atom. The fraction of sp³-hybridized carbons (Fsp3) is 0.659. The summed E-state index contributed by atoms with van der Waals surface area (Å²) in [5, 5.41) is 14.8. The van der Waals surface area contributed by atoms with Crippen LogP contribution in [0.1, 0.15) is 105 Å². The lowest BCUT2D eigenvalue weighted by atomic mass is 9.72. The average Bonchev–Trinajstić information content (AvgIpc) is 3.52. The summed E-state index contributed by atoms with van der Waals surface area (Å²) in [4.78, 5) is 69.1. The maximum absolute atomic E-state index is 14.4. The predicted octanol–water partition coefficient (Wildman–Crippen LogP) is 7.12. The molecule has 2 fully saturated rings. The predicted molar refractivity (Wildman–Crippen MR) is 240 cm³/mol. The minimum Gasteiger partial charge on any atom is -0.495 e. The summed E-state index contributed by atoms with van der Waals surface area (Å²) in [6.45, 7) is 11.6. The van der Waals surface area contributed by atoms with E-state index in [0.29, 0.717) is 56.4 Å². The highest BCUT2D eigenvalue weighted by molar-refractivity contribution is 8.77. The number of aliphatic hydroxyl groups is 1. The van der Waals surface area contributed by atoms with Crippen LogP contribution in [0.2, 0.25) is 5.02 Å². The third-order valence-electron chi connectivity index (χ3n) is 12.4. The second-order valence-corrected chi connectivity index (χ2v) is 21.5. The number of rotatable bonds is 14. The van der Waals surface area contributed by atoms with Crippen molar-refractivity contribution in [3.05, 3.63) is 46.5 Å². The number of hydrogen-bond acceptors (Lipinski definition) is 12. The topological polar surface area (TPSA) is 187 Å². The van der Waals surface area contributed by atoms with Crippen molar-refractivity contribution in [3.63, 3.8) is 0 Å². The molecule has 0 radical (unpaired) electrons. The number of nitrogens with one attached hydrogen (secondary N) is 1. The summed E-state index contributed by atoms with van der Waals surface area (Å²) < 4.78 is 23.3. The number of nitrogens with zero attached hydrogens (tertiary/aromatic N) is 2. The zero-order valence-electron chi connectivity index (χ0n) is 37.3. The minimum absolute atomic E-state index is 0.0142. The van der Waals surface area contributed by atoms with E-state index in [1.165, 1.54) is 24.0 Å². The Hall–Kier alpha value is -3.44. The third-order valence-corrected chi connectivity index (χ3v) is 16.2. The van der Waals surface area contributed by atoms with Gasteiger partial charge in [0.25, 0.3) is 0 Å². The van der Waals surface area contributed by atoms with Gasteiger partial charge >= 0.3 is 12.1 Å². The molecule has 0 spiro atoms. The number of amides is 4. The number of methoxy groups -OCH3 is 2. The number of carbonyl (C=O) groups is 5. The van der Waals surface area contributed by atoms with Crippen molar-refractivity contribution < 1.29 is 48.0 Å². The van der Waals surface area contributed by atoms with Gasteiger partial charge in [-0.15, -0.1) is 0 Å². The maximum Gasteiger partial charge on any atom is 0.409 e. The molecule has 4 N–H and O–H groups in total. The number of likely N-dealkylation sites (N-methyl/N-ethyl adjacent to an activating group) is 1. The smallest absolute Gasteiger partial charge is 0.409 e. The van der Waals surface area contributed by atoms with Crippen molar-refractivity contribution in [2.24, 2.45) is 16.6 Å². The van der Waals surface area contributed by atoms with Gasteiger partial charge in [-0.1, -0.05) is 70.8 Å². The first-order valence-electron chi connectivity index (χ1n) is 20.7. The molecule has 3 aliphatic rings. The van der Waals surface area contributed by atoms with Gasteiger partial charge < -0.3 is 39.6 Å². The standard InChI is InChI=1S/C44H65ClN4O10S2/c1-27-13-11-14-32(57-10)44(55)25-34(59-40(54)47-44)43(6)19-18-42(5,26-43)33(24-37(52)49(8)30-22-29(21-27)23-31(56-9)38(30)45)58-39(53)28(2)48(7)36(51)16-17-41(3,4)61-60-20-12-15-35(46)50/h11,13-14,22-23,28,32-34,55H,12,15-21,24-26H2,1-10H3,(H2,46,50)(H,47,54)/b14-11+,27-13+/t28-,32+,33-,34-,42+,43?,44-/m0/s1. The molecule has 61 heavy (non-hydrogen) atoms. The molecule has 2 aliphatic heterocycles. The Labute approximate surface area is 373 Å². The van der Waals surface area contributed by atoms with Gasteiger partial charge in [0.2, 0.25) is 17.7 Å². The van der Waals surface area contributed by atoms with E-state index in [2.05, 4.69) is 5.32 Å². The van der Waals surface area contributed by atoms with E-state index < -0.39 is 53.0 Å². The molecular formula is C44H65ClN4O10S2. The first-order chi connectivity index (χ1) is 28.5. The van der Waals surface area contributed by atoms with Crippen LogP contribution in [0.15, 0.2) is 35.9 Å². The zero-order valence-corrected chi connectivity index (χ0v) is 39.7.